The predicted molar refractivity (Wildman–Crippen MR) is 508 cm³/mol. The third-order valence-corrected chi connectivity index (χ3v) is 19.0. The number of aryl methyl sites for hydroxylation is 2. The summed E-state index contributed by atoms with van der Waals surface area (Å²) in [6.07, 6.45) is 18.8. The van der Waals surface area contributed by atoms with E-state index < -0.39 is 35.8 Å². The van der Waals surface area contributed by atoms with Gasteiger partial charge in [-0.3, -0.25) is 0 Å². The Bertz CT molecular complexity index is 5830. The lowest BCUT2D eigenvalue weighted by Gasteiger charge is -2.11. The van der Waals surface area contributed by atoms with Crippen LogP contribution >= 0.6 is 0 Å². The van der Waals surface area contributed by atoms with Crippen molar-refractivity contribution in [3.8, 4) is 69.0 Å². The van der Waals surface area contributed by atoms with Gasteiger partial charge in [0.15, 0.2) is 69.0 Å². The first-order valence-corrected chi connectivity index (χ1v) is 41.8. The zero-order valence-corrected chi connectivity index (χ0v) is 73.9. The van der Waals surface area contributed by atoms with Gasteiger partial charge in [0.1, 0.15) is 6.10 Å². The van der Waals surface area contributed by atoms with Gasteiger partial charge in [0.2, 0.25) is 0 Å². The molecular weight excluding hydrogens is 1680 g/mol. The minimum absolute atomic E-state index is 0.0603. The third kappa shape index (κ3) is 39.6. The number of phenolic OH excluding ortho intramolecular Hbond substituents is 11. The number of phenols is 11. The summed E-state index contributed by atoms with van der Waals surface area (Å²) in [5, 5.41) is 103. The van der Waals surface area contributed by atoms with Crippen LogP contribution in [0.1, 0.15) is 105 Å². The molecule has 2 unspecified atom stereocenters. The largest absolute Gasteiger partial charge is 0.504 e. The summed E-state index contributed by atoms with van der Waals surface area (Å²) >= 11 is 0. The molecule has 0 saturated carbocycles. The topological polar surface area (TPSA) is 390 Å². The van der Waals surface area contributed by atoms with Crippen LogP contribution in [0.4, 0.5) is 0 Å². The van der Waals surface area contributed by atoms with Crippen LogP contribution in [-0.4, -0.2) is 138 Å². The normalized spacial score (nSPS) is 11.3. The Morgan fingerprint density at radius 3 is 1.05 bits per heavy atom. The quantitative estimate of drug-likeness (QED) is 0.00832. The molecule has 2 atom stereocenters. The van der Waals surface area contributed by atoms with E-state index in [2.05, 4.69) is 0 Å². The molecule has 0 radical (unpaired) electrons. The Morgan fingerprint density at radius 2 is 0.652 bits per heavy atom. The van der Waals surface area contributed by atoms with E-state index in [0.717, 1.165) is 38.9 Å². The first-order valence-electron chi connectivity index (χ1n) is 41.8. The van der Waals surface area contributed by atoms with E-state index in [1.54, 1.807) is 62.4 Å². The highest BCUT2D eigenvalue weighted by atomic mass is 16.6. The van der Waals surface area contributed by atoms with Crippen LogP contribution in [0, 0.1) is 13.8 Å². The molecule has 0 heterocycles. The zero-order chi connectivity index (χ0) is 95.5. The molecule has 132 heavy (non-hydrogen) atoms. The maximum Gasteiger partial charge on any atom is 0.331 e. The maximum atomic E-state index is 11.8. The molecule has 0 saturated heterocycles. The number of carbonyl (C=O) groups is 6. The fourth-order valence-corrected chi connectivity index (χ4v) is 11.8. The van der Waals surface area contributed by atoms with Gasteiger partial charge in [-0.05, 0) is 209 Å². The summed E-state index contributed by atoms with van der Waals surface area (Å²) in [7, 11) is 1.47. The van der Waals surface area contributed by atoms with E-state index >= 15 is 0 Å². The number of rotatable bonds is 31. The van der Waals surface area contributed by atoms with Gasteiger partial charge in [-0.15, -0.1) is 0 Å². The van der Waals surface area contributed by atoms with Crippen molar-refractivity contribution >= 4 is 71.8 Å². The van der Waals surface area contributed by atoms with Gasteiger partial charge in [-0.2, -0.15) is 0 Å². The van der Waals surface area contributed by atoms with Crippen LogP contribution in [0.15, 0.2) is 316 Å². The minimum Gasteiger partial charge on any atom is -0.504 e. The summed E-state index contributed by atoms with van der Waals surface area (Å²) in [5.41, 5.74) is 12.9. The van der Waals surface area contributed by atoms with Crippen LogP contribution in [0.2, 0.25) is 0 Å². The monoisotopic (exact) mass is 1790 g/mol. The van der Waals surface area contributed by atoms with Gasteiger partial charge in [-0.25, -0.2) is 28.8 Å². The predicted octanol–water partition coefficient (Wildman–Crippen LogP) is 19.6. The molecule has 0 fully saturated rings. The molecule has 24 heteroatoms. The second-order valence-corrected chi connectivity index (χ2v) is 29.6. The van der Waals surface area contributed by atoms with Crippen LogP contribution in [0.5, 0.6) is 69.0 Å². The number of hydrogen-bond acceptors (Lipinski definition) is 24. The molecule has 12 aromatic carbocycles. The highest BCUT2D eigenvalue weighted by molar-refractivity contribution is 5.92. The summed E-state index contributed by atoms with van der Waals surface area (Å²) in [6.45, 7) is 10.8. The number of esters is 6. The SMILES string of the molecule is C/C(=C\C(=O)OCCc1ccccc1)c1ccc(O)c(O)c1.CC(COC(=O)/C=C/c1ccc(O)c(O)c1)c1ccccc1.CC(Cc1ccccc1)OC(=O)/C=C/c1ccc(O)c(O)c1.COc1cc(/C=C/C(=O)OCCc2ccccc2)ccc1O.Cc1cc(/C=C/C(=O)OCCc2ccccc2)cc(O)c1O.Cc1ccc(CCOC(=O)/C=C/c2ccc(O)c(O)c2)cc1. The van der Waals surface area contributed by atoms with Crippen molar-refractivity contribution in [1.29, 1.82) is 0 Å². The second-order valence-electron chi connectivity index (χ2n) is 29.6. The maximum absolute atomic E-state index is 11.8. The lowest BCUT2D eigenvalue weighted by atomic mass is 10.0. The number of allylic oxidation sites excluding steroid dienone is 1. The number of hydrogen-bond donors (Lipinski definition) is 11. The second kappa shape index (κ2) is 55.9. The smallest absolute Gasteiger partial charge is 0.331 e. The van der Waals surface area contributed by atoms with Gasteiger partial charge < -0.3 is 89.3 Å². The zero-order valence-electron chi connectivity index (χ0n) is 73.9. The fraction of sp³-hybridized carbons (Fsp3) is 0.167. The summed E-state index contributed by atoms with van der Waals surface area (Å²) in [6, 6.07) is 82.3. The van der Waals surface area contributed by atoms with Gasteiger partial charge in [-0.1, -0.05) is 219 Å². The van der Waals surface area contributed by atoms with E-state index in [4.69, 9.17) is 33.2 Å². The van der Waals surface area contributed by atoms with Crippen molar-refractivity contribution in [2.45, 2.75) is 78.7 Å². The van der Waals surface area contributed by atoms with E-state index in [1.807, 2.05) is 197 Å². The van der Waals surface area contributed by atoms with Crippen molar-refractivity contribution in [3.05, 3.63) is 393 Å². The molecule has 0 aliphatic rings. The minimum atomic E-state index is -0.449. The lowest BCUT2D eigenvalue weighted by Crippen LogP contribution is -2.15. The average Bonchev–Trinajstić information content (AvgIpc) is 0.861. The van der Waals surface area contributed by atoms with Crippen LogP contribution in [-0.2, 0) is 89.3 Å². The van der Waals surface area contributed by atoms with Crippen molar-refractivity contribution < 1.29 is 118 Å². The van der Waals surface area contributed by atoms with E-state index in [-0.39, 0.29) is 75.3 Å². The van der Waals surface area contributed by atoms with Crippen molar-refractivity contribution in [1.82, 2.24) is 0 Å². The Labute approximate surface area is 767 Å². The van der Waals surface area contributed by atoms with E-state index in [0.29, 0.717) is 110 Å². The van der Waals surface area contributed by atoms with Crippen molar-refractivity contribution in [3.63, 3.8) is 0 Å². The highest BCUT2D eigenvalue weighted by Gasteiger charge is 2.14. The first-order chi connectivity index (χ1) is 63.4. The van der Waals surface area contributed by atoms with Gasteiger partial charge in [0.05, 0.1) is 40.1 Å². The molecule has 24 nitrogen and oxygen atoms in total. The summed E-state index contributed by atoms with van der Waals surface area (Å²) in [5.74, 6) is -4.12. The molecule has 0 aromatic heterocycles. The number of carbonyl (C=O) groups excluding carboxylic acids is 6. The Hall–Kier alpha value is -16.5. The van der Waals surface area contributed by atoms with Gasteiger partial charge >= 0.3 is 35.8 Å². The molecule has 0 amide bonds. The van der Waals surface area contributed by atoms with Crippen molar-refractivity contribution in [2.75, 3.05) is 40.1 Å². The van der Waals surface area contributed by atoms with Gasteiger partial charge in [0, 0.05) is 74.5 Å². The molecule has 12 aromatic rings. The molecule has 11 N–H and O–H groups in total. The summed E-state index contributed by atoms with van der Waals surface area (Å²) < 4.78 is 36.0. The number of benzene rings is 12. The fourth-order valence-electron chi connectivity index (χ4n) is 11.8. The van der Waals surface area contributed by atoms with Crippen LogP contribution in [0.3, 0.4) is 0 Å². The van der Waals surface area contributed by atoms with E-state index in [9.17, 15) is 84.9 Å². The highest BCUT2D eigenvalue weighted by Crippen LogP contribution is 2.33. The van der Waals surface area contributed by atoms with Crippen LogP contribution < -0.4 is 4.74 Å². The number of ether oxygens (including phenoxy) is 7. The van der Waals surface area contributed by atoms with Gasteiger partial charge in [0.25, 0.3) is 0 Å². The standard InChI is InChI=1S/6C18H18O4/c1-13-2-4-14(5-3-13)10-11-22-18(21)9-7-15-6-8-16(19)17(20)12-15;1-13(15-5-3-2-4-6-15)12-22-18(21)10-8-14-7-9-16(19)17(20)11-14;1-13(11-14-5-3-2-4-6-14)22-18(21)10-8-15-7-9-16(19)17(20)12-15;1-21-17-13-15(7-9-16(17)19)8-10-18(20)22-12-11-14-5-3-2-4-6-14;1-13(15-7-8-16(19)17(20)12-15)11-18(21)22-10-9-14-5-3-2-4-6-14;1-13-11-15(12-16(19)18(13)21)7-8-17(20)22-10-9-14-5-3-2-4-6-14/h2-9,12,19-20H,10-11H2,1H3;2-11,13,19-20H,12H2,1H3;2-10,12-13,19-20H,11H2,1H3;2-10,13,19H,11-12H2,1H3;2-8,11-12,19-20H,9-10H2,1H3;2-8,11-12,19,21H,9-10H2,1H3/b9-7+;3*10-8+;13-11+;8-7+. The molecule has 0 aliphatic heterocycles. The molecular formula is C108H108O24. The van der Waals surface area contributed by atoms with Crippen molar-refractivity contribution in [2.24, 2.45) is 0 Å². The molecule has 684 valence electrons. The first kappa shape index (κ1) is 103. The van der Waals surface area contributed by atoms with E-state index in [1.165, 1.54) is 134 Å². The molecule has 0 aliphatic carbocycles. The van der Waals surface area contributed by atoms with Crippen LogP contribution in [0.25, 0.3) is 36.0 Å². The number of methoxy groups -OCH3 is 1. The molecule has 0 spiro atoms. The molecule has 0 bridgehead atoms. The lowest BCUT2D eigenvalue weighted by molar-refractivity contribution is -0.142. The Balaban J connectivity index is 0.000000216. The third-order valence-electron chi connectivity index (χ3n) is 19.0. The Kier molecular flexibility index (Phi) is 43.4. The summed E-state index contributed by atoms with van der Waals surface area (Å²) in [4.78, 5) is 70.0. The average molecular weight is 1790 g/mol. The Morgan fingerprint density at radius 1 is 0.318 bits per heavy atom. The molecule has 12 rings (SSSR count). The number of aromatic hydroxyl groups is 11.